The highest BCUT2D eigenvalue weighted by Crippen LogP contribution is 2.41. The Bertz CT molecular complexity index is 1120. The number of pyridine rings is 1. The number of aromatic nitrogens is 1. The molecule has 1 aromatic heterocycles. The zero-order valence-electron chi connectivity index (χ0n) is 18.0. The summed E-state index contributed by atoms with van der Waals surface area (Å²) in [4.78, 5) is 5.72. The Kier molecular flexibility index (Phi) is 6.94. The number of hydrogen-bond acceptors (Lipinski definition) is 6. The van der Waals surface area contributed by atoms with E-state index in [4.69, 9.17) is 16.3 Å². The molecule has 2 atom stereocenters. The molecule has 7 nitrogen and oxygen atoms in total. The van der Waals surface area contributed by atoms with E-state index >= 15 is 4.39 Å². The second-order valence-electron chi connectivity index (χ2n) is 8.09. The van der Waals surface area contributed by atoms with Gasteiger partial charge in [0.05, 0.1) is 11.3 Å². The van der Waals surface area contributed by atoms with Crippen LogP contribution in [-0.4, -0.2) is 64.2 Å². The first-order valence-corrected chi connectivity index (χ1v) is 11.5. The normalized spacial score (nSPS) is 21.4. The number of sulfonamides is 1. The van der Waals surface area contributed by atoms with E-state index in [2.05, 4.69) is 4.98 Å². The highest BCUT2D eigenvalue weighted by molar-refractivity contribution is 7.92. The molecule has 12 heteroatoms. The van der Waals surface area contributed by atoms with Gasteiger partial charge in [0.1, 0.15) is 16.7 Å². The molecular weight excluding hydrogens is 469 g/mol. The van der Waals surface area contributed by atoms with Gasteiger partial charge in [-0.25, -0.2) is 22.2 Å². The number of ether oxygens (including phenoxy) is 1. The van der Waals surface area contributed by atoms with Crippen molar-refractivity contribution in [3.05, 3.63) is 46.9 Å². The predicted octanol–water partition coefficient (Wildman–Crippen LogP) is 3.50. The molecule has 2 heterocycles. The lowest BCUT2D eigenvalue weighted by molar-refractivity contribution is -0.0120. The lowest BCUT2D eigenvalue weighted by Gasteiger charge is -2.31. The first kappa shape index (κ1) is 24.6. The molecule has 0 aliphatic carbocycles. The molecule has 1 fully saturated rings. The molecule has 0 spiro atoms. The molecule has 1 saturated heterocycles. The number of rotatable bonds is 7. The number of likely N-dealkylation sites (N-methyl/N-ethyl adjacent to an activating group) is 1. The van der Waals surface area contributed by atoms with Crippen LogP contribution in [0.25, 0.3) is 0 Å². The van der Waals surface area contributed by atoms with E-state index in [-0.39, 0.29) is 11.7 Å². The van der Waals surface area contributed by atoms with E-state index in [0.717, 1.165) is 18.2 Å². The molecule has 1 aromatic carbocycles. The van der Waals surface area contributed by atoms with Gasteiger partial charge < -0.3 is 14.5 Å². The van der Waals surface area contributed by atoms with Crippen molar-refractivity contribution in [3.8, 4) is 0 Å². The van der Waals surface area contributed by atoms with Crippen molar-refractivity contribution in [1.82, 2.24) is 9.88 Å². The Labute approximate surface area is 190 Å². The van der Waals surface area contributed by atoms with Crippen LogP contribution in [0, 0.1) is 17.6 Å². The van der Waals surface area contributed by atoms with Gasteiger partial charge in [-0.3, -0.25) is 4.72 Å². The molecule has 2 unspecified atom stereocenters. The summed E-state index contributed by atoms with van der Waals surface area (Å²) in [5, 5.41) is -0.539. The molecule has 0 saturated carbocycles. The Hall–Kier alpha value is -2.08. The van der Waals surface area contributed by atoms with Crippen LogP contribution in [0.4, 0.5) is 24.7 Å². The smallest absolute Gasteiger partial charge is 0.268 e. The van der Waals surface area contributed by atoms with Crippen LogP contribution in [0.3, 0.4) is 0 Å². The zero-order chi connectivity index (χ0) is 23.8. The van der Waals surface area contributed by atoms with Crippen LogP contribution in [-0.2, 0) is 14.8 Å². The van der Waals surface area contributed by atoms with Crippen LogP contribution in [0.5, 0.6) is 0 Å². The van der Waals surface area contributed by atoms with Crippen molar-refractivity contribution in [1.29, 1.82) is 0 Å². The van der Waals surface area contributed by atoms with Crippen molar-refractivity contribution in [3.63, 3.8) is 0 Å². The van der Waals surface area contributed by atoms with Gasteiger partial charge in [-0.1, -0.05) is 17.7 Å². The highest BCUT2D eigenvalue weighted by Gasteiger charge is 2.44. The van der Waals surface area contributed by atoms with E-state index in [1.807, 2.05) is 30.6 Å². The Morgan fingerprint density at radius 3 is 2.62 bits per heavy atom. The molecule has 0 bridgehead atoms. The third-order valence-electron chi connectivity index (χ3n) is 5.32. The third-order valence-corrected chi connectivity index (χ3v) is 7.07. The van der Waals surface area contributed by atoms with Gasteiger partial charge in [-0.05, 0) is 39.6 Å². The Morgan fingerprint density at radius 1 is 1.34 bits per heavy atom. The summed E-state index contributed by atoms with van der Waals surface area (Å²) in [7, 11) is 0.578. The van der Waals surface area contributed by atoms with E-state index in [1.54, 1.807) is 12.0 Å². The maximum absolute atomic E-state index is 15.1. The summed E-state index contributed by atoms with van der Waals surface area (Å²) >= 11 is 6.19. The SMILES string of the molecule is COC1(CN(C)C)CC(C)N(c2cc(F)c(S(=O)(=O)Nc3cccc(F)n3)c(F)c2Cl)C1. The van der Waals surface area contributed by atoms with Crippen molar-refractivity contribution < 1.29 is 26.3 Å². The maximum atomic E-state index is 15.1. The van der Waals surface area contributed by atoms with Crippen molar-refractivity contribution in [2.24, 2.45) is 0 Å². The molecular formula is C20H24ClF3N4O3S. The Morgan fingerprint density at radius 2 is 2.03 bits per heavy atom. The summed E-state index contributed by atoms with van der Waals surface area (Å²) in [6.45, 7) is 2.74. The van der Waals surface area contributed by atoms with E-state index in [1.165, 1.54) is 6.07 Å². The summed E-state index contributed by atoms with van der Waals surface area (Å²) in [6, 6.07) is 4.05. The van der Waals surface area contributed by atoms with E-state index < -0.39 is 48.9 Å². The molecule has 1 N–H and O–H groups in total. The predicted molar refractivity (Wildman–Crippen MR) is 116 cm³/mol. The lowest BCUT2D eigenvalue weighted by atomic mass is 10.00. The molecule has 32 heavy (non-hydrogen) atoms. The monoisotopic (exact) mass is 492 g/mol. The van der Waals surface area contributed by atoms with Gasteiger partial charge in [-0.2, -0.15) is 4.39 Å². The molecule has 1 aliphatic rings. The number of benzene rings is 1. The van der Waals surface area contributed by atoms with Crippen LogP contribution in [0.2, 0.25) is 5.02 Å². The van der Waals surface area contributed by atoms with Crippen LogP contribution < -0.4 is 9.62 Å². The van der Waals surface area contributed by atoms with Crippen molar-refractivity contribution >= 4 is 33.1 Å². The number of anilines is 2. The highest BCUT2D eigenvalue weighted by atomic mass is 35.5. The number of halogens is 4. The van der Waals surface area contributed by atoms with Gasteiger partial charge in [-0.15, -0.1) is 0 Å². The van der Waals surface area contributed by atoms with Gasteiger partial charge in [0.2, 0.25) is 5.95 Å². The average molecular weight is 493 g/mol. The van der Waals surface area contributed by atoms with Gasteiger partial charge in [0.25, 0.3) is 10.0 Å². The maximum Gasteiger partial charge on any atom is 0.268 e. The van der Waals surface area contributed by atoms with Crippen LogP contribution in [0.1, 0.15) is 13.3 Å². The minimum atomic E-state index is -4.77. The summed E-state index contributed by atoms with van der Waals surface area (Å²) in [5.74, 6) is -4.16. The second-order valence-corrected chi connectivity index (χ2v) is 10.1. The number of hydrogen-bond donors (Lipinski definition) is 1. The molecule has 2 aromatic rings. The first-order valence-electron chi connectivity index (χ1n) is 9.68. The molecule has 176 valence electrons. The third kappa shape index (κ3) is 4.80. The molecule has 3 rings (SSSR count). The molecule has 0 radical (unpaired) electrons. The van der Waals surface area contributed by atoms with Gasteiger partial charge >= 0.3 is 0 Å². The second kappa shape index (κ2) is 9.05. The van der Waals surface area contributed by atoms with Gasteiger partial charge in [0, 0.05) is 32.3 Å². The lowest BCUT2D eigenvalue weighted by Crippen LogP contribution is -2.44. The number of nitrogens with one attached hydrogen (secondary N) is 1. The topological polar surface area (TPSA) is 74.8 Å². The minimum absolute atomic E-state index is 0.0229. The van der Waals surface area contributed by atoms with Crippen LogP contribution >= 0.6 is 11.6 Å². The van der Waals surface area contributed by atoms with Gasteiger partial charge in [0.15, 0.2) is 10.7 Å². The van der Waals surface area contributed by atoms with E-state index in [9.17, 15) is 17.2 Å². The number of nitrogens with zero attached hydrogens (tertiary/aromatic N) is 3. The summed E-state index contributed by atoms with van der Waals surface area (Å²) in [6.07, 6.45) is 0.577. The number of methoxy groups -OCH3 is 1. The summed E-state index contributed by atoms with van der Waals surface area (Å²) < 4.78 is 76.2. The molecule has 0 amide bonds. The average Bonchev–Trinajstić information content (AvgIpc) is 3.00. The zero-order valence-corrected chi connectivity index (χ0v) is 19.6. The van der Waals surface area contributed by atoms with E-state index in [0.29, 0.717) is 19.5 Å². The quantitative estimate of drug-likeness (QED) is 0.471. The fraction of sp³-hybridized carbons (Fsp3) is 0.450. The van der Waals surface area contributed by atoms with Crippen molar-refractivity contribution in [2.75, 3.05) is 43.9 Å². The first-order chi connectivity index (χ1) is 14.9. The Balaban J connectivity index is 1.99. The van der Waals surface area contributed by atoms with Crippen LogP contribution in [0.15, 0.2) is 29.2 Å². The fourth-order valence-corrected chi connectivity index (χ4v) is 5.54. The largest absolute Gasteiger partial charge is 0.375 e. The summed E-state index contributed by atoms with van der Waals surface area (Å²) in [5.41, 5.74) is -0.566. The standard InChI is InChI=1S/C20H24ClF3N4O3S/c1-12-9-20(31-4,10-27(2)3)11-28(12)14-8-13(22)19(18(24)17(14)21)32(29,30)26-16-7-5-6-15(23)25-16/h5-8,12H,9-11H2,1-4H3,(H,25,26). The molecule has 1 aliphatic heterocycles. The minimum Gasteiger partial charge on any atom is -0.375 e. The fourth-order valence-electron chi connectivity index (χ4n) is 4.08. The van der Waals surface area contributed by atoms with Crippen molar-refractivity contribution in [2.45, 2.75) is 29.9 Å².